The number of imide groups is 1. The van der Waals surface area contributed by atoms with Gasteiger partial charge >= 0.3 is 0 Å². The number of rotatable bonds is 2. The second-order valence-electron chi connectivity index (χ2n) is 5.47. The molecule has 106 valence electrons. The largest absolute Gasteiger partial charge is 0.296 e. The van der Waals surface area contributed by atoms with Crippen LogP contribution in [0.25, 0.3) is 0 Å². The van der Waals surface area contributed by atoms with Gasteiger partial charge in [-0.15, -0.1) is 0 Å². The van der Waals surface area contributed by atoms with Gasteiger partial charge < -0.3 is 0 Å². The van der Waals surface area contributed by atoms with Gasteiger partial charge in [0.15, 0.2) is 0 Å². The van der Waals surface area contributed by atoms with Crippen LogP contribution < -0.4 is 5.32 Å². The maximum atomic E-state index is 12.4. The summed E-state index contributed by atoms with van der Waals surface area (Å²) < 4.78 is 0. The minimum Gasteiger partial charge on any atom is -0.296 e. The van der Waals surface area contributed by atoms with Crippen LogP contribution in [-0.2, 0) is 9.59 Å². The Morgan fingerprint density at radius 1 is 0.952 bits per heavy atom. The molecule has 2 aromatic carbocycles. The topological polar surface area (TPSA) is 46.2 Å². The zero-order valence-electron chi connectivity index (χ0n) is 11.9. The summed E-state index contributed by atoms with van der Waals surface area (Å²) in [6, 6.07) is 17.7. The number of hydrogen-bond donors (Lipinski definition) is 1. The normalized spacial score (nSPS) is 22.0. The van der Waals surface area contributed by atoms with Crippen LogP contribution in [0.5, 0.6) is 0 Å². The molecule has 1 heterocycles. The average Bonchev–Trinajstić information content (AvgIpc) is 2.49. The minimum absolute atomic E-state index is 0.103. The maximum absolute atomic E-state index is 12.4. The fraction of sp³-hybridized carbons (Fsp3) is 0.222. The van der Waals surface area contributed by atoms with Gasteiger partial charge in [-0.3, -0.25) is 14.9 Å². The molecular formula is C18H17NO2. The molecule has 1 N–H and O–H groups in total. The first-order valence-corrected chi connectivity index (χ1v) is 7.11. The molecule has 3 heteroatoms. The van der Waals surface area contributed by atoms with Crippen LogP contribution in [0.15, 0.2) is 54.6 Å². The number of hydrogen-bond acceptors (Lipinski definition) is 2. The maximum Gasteiger partial charge on any atom is 0.234 e. The first kappa shape index (κ1) is 13.6. The Morgan fingerprint density at radius 2 is 1.62 bits per heavy atom. The van der Waals surface area contributed by atoms with Gasteiger partial charge in [0.2, 0.25) is 11.8 Å². The van der Waals surface area contributed by atoms with Crippen LogP contribution in [-0.4, -0.2) is 11.8 Å². The van der Waals surface area contributed by atoms with Crippen LogP contribution in [0.1, 0.15) is 34.9 Å². The van der Waals surface area contributed by atoms with Crippen molar-refractivity contribution in [1.82, 2.24) is 5.32 Å². The van der Waals surface area contributed by atoms with E-state index >= 15 is 0 Å². The van der Waals surface area contributed by atoms with E-state index in [0.29, 0.717) is 6.42 Å². The van der Waals surface area contributed by atoms with Gasteiger partial charge in [-0.05, 0) is 23.6 Å². The van der Waals surface area contributed by atoms with Gasteiger partial charge in [0, 0.05) is 12.3 Å². The van der Waals surface area contributed by atoms with Crippen LogP contribution in [0, 0.1) is 6.92 Å². The van der Waals surface area contributed by atoms with Crippen molar-refractivity contribution in [3.63, 3.8) is 0 Å². The molecule has 2 atom stereocenters. The van der Waals surface area contributed by atoms with Gasteiger partial charge in [0.05, 0.1) is 5.92 Å². The Morgan fingerprint density at radius 3 is 2.33 bits per heavy atom. The lowest BCUT2D eigenvalue weighted by Gasteiger charge is -2.31. The van der Waals surface area contributed by atoms with Crippen molar-refractivity contribution in [2.45, 2.75) is 25.2 Å². The lowest BCUT2D eigenvalue weighted by molar-refractivity contribution is -0.135. The molecule has 1 saturated heterocycles. The molecule has 0 spiro atoms. The van der Waals surface area contributed by atoms with E-state index in [1.54, 1.807) is 0 Å². The summed E-state index contributed by atoms with van der Waals surface area (Å²) in [5.41, 5.74) is 3.11. The molecular weight excluding hydrogens is 262 g/mol. The van der Waals surface area contributed by atoms with Crippen LogP contribution in [0.3, 0.4) is 0 Å². The number of nitrogens with one attached hydrogen (secondary N) is 1. The number of carbonyl (C=O) groups is 2. The van der Waals surface area contributed by atoms with E-state index in [4.69, 9.17) is 0 Å². The highest BCUT2D eigenvalue weighted by Crippen LogP contribution is 2.39. The van der Waals surface area contributed by atoms with Crippen LogP contribution in [0.2, 0.25) is 0 Å². The van der Waals surface area contributed by atoms with Crippen molar-refractivity contribution < 1.29 is 9.59 Å². The summed E-state index contributed by atoms with van der Waals surface area (Å²) in [5.74, 6) is -0.812. The molecule has 0 aromatic heterocycles. The Kier molecular flexibility index (Phi) is 3.57. The van der Waals surface area contributed by atoms with Gasteiger partial charge in [-0.25, -0.2) is 0 Å². The van der Waals surface area contributed by atoms with E-state index < -0.39 is 0 Å². The molecule has 0 aliphatic carbocycles. The van der Waals surface area contributed by atoms with E-state index in [-0.39, 0.29) is 23.7 Å². The molecule has 2 aromatic rings. The summed E-state index contributed by atoms with van der Waals surface area (Å²) >= 11 is 0. The van der Waals surface area contributed by atoms with Crippen molar-refractivity contribution in [3.05, 3.63) is 71.3 Å². The van der Waals surface area contributed by atoms with Crippen molar-refractivity contribution in [1.29, 1.82) is 0 Å². The van der Waals surface area contributed by atoms with Crippen molar-refractivity contribution in [2.75, 3.05) is 0 Å². The van der Waals surface area contributed by atoms with Crippen molar-refractivity contribution >= 4 is 11.8 Å². The van der Waals surface area contributed by atoms with Gasteiger partial charge in [-0.2, -0.15) is 0 Å². The number of aryl methyl sites for hydroxylation is 1. The lowest BCUT2D eigenvalue weighted by atomic mass is 9.75. The number of piperidine rings is 1. The fourth-order valence-corrected chi connectivity index (χ4v) is 3.07. The number of amides is 2. The Labute approximate surface area is 124 Å². The molecule has 3 rings (SSSR count). The highest BCUT2D eigenvalue weighted by Gasteiger charge is 2.38. The average molecular weight is 279 g/mol. The Hall–Kier alpha value is -2.42. The van der Waals surface area contributed by atoms with E-state index in [1.807, 2.05) is 61.5 Å². The highest BCUT2D eigenvalue weighted by atomic mass is 16.2. The SMILES string of the molecule is Cc1ccccc1C1C(=O)NC(=O)CC1c1ccccc1. The molecule has 2 unspecified atom stereocenters. The zero-order valence-corrected chi connectivity index (χ0v) is 11.9. The molecule has 0 saturated carbocycles. The van der Waals surface area contributed by atoms with Crippen molar-refractivity contribution in [3.8, 4) is 0 Å². The minimum atomic E-state index is -0.314. The summed E-state index contributed by atoms with van der Waals surface area (Å²) in [6.45, 7) is 2.00. The third-order valence-corrected chi connectivity index (χ3v) is 4.10. The first-order chi connectivity index (χ1) is 10.2. The predicted molar refractivity (Wildman–Crippen MR) is 80.9 cm³/mol. The molecule has 0 radical (unpaired) electrons. The van der Waals surface area contributed by atoms with Gasteiger partial charge in [0.1, 0.15) is 0 Å². The molecule has 1 fully saturated rings. The second-order valence-corrected chi connectivity index (χ2v) is 5.47. The summed E-state index contributed by atoms with van der Waals surface area (Å²) in [6.07, 6.45) is 0.342. The fourth-order valence-electron chi connectivity index (χ4n) is 3.07. The lowest BCUT2D eigenvalue weighted by Crippen LogP contribution is -2.43. The molecule has 3 nitrogen and oxygen atoms in total. The first-order valence-electron chi connectivity index (χ1n) is 7.11. The van der Waals surface area contributed by atoms with Crippen LogP contribution >= 0.6 is 0 Å². The quantitative estimate of drug-likeness (QED) is 0.859. The summed E-state index contributed by atoms with van der Waals surface area (Å²) in [5, 5.41) is 2.48. The summed E-state index contributed by atoms with van der Waals surface area (Å²) in [4.78, 5) is 24.2. The van der Waals surface area contributed by atoms with Crippen molar-refractivity contribution in [2.24, 2.45) is 0 Å². The number of benzene rings is 2. The predicted octanol–water partition coefficient (Wildman–Crippen LogP) is 2.91. The third kappa shape index (κ3) is 2.59. The standard InChI is InChI=1S/C18H17NO2/c1-12-7-5-6-10-14(12)17-15(11-16(20)19-18(17)21)13-8-3-2-4-9-13/h2-10,15,17H,11H2,1H3,(H,19,20,21). The molecule has 0 bridgehead atoms. The molecule has 1 aliphatic heterocycles. The smallest absolute Gasteiger partial charge is 0.234 e. The number of carbonyl (C=O) groups excluding carboxylic acids is 2. The van der Waals surface area contributed by atoms with E-state index in [2.05, 4.69) is 5.32 Å². The van der Waals surface area contributed by atoms with E-state index in [1.165, 1.54) is 0 Å². The summed E-state index contributed by atoms with van der Waals surface area (Å²) in [7, 11) is 0. The van der Waals surface area contributed by atoms with E-state index in [0.717, 1.165) is 16.7 Å². The molecule has 21 heavy (non-hydrogen) atoms. The monoisotopic (exact) mass is 279 g/mol. The Bertz CT molecular complexity index is 679. The highest BCUT2D eigenvalue weighted by molar-refractivity contribution is 6.02. The third-order valence-electron chi connectivity index (χ3n) is 4.10. The van der Waals surface area contributed by atoms with Gasteiger partial charge in [-0.1, -0.05) is 54.6 Å². The van der Waals surface area contributed by atoms with E-state index in [9.17, 15) is 9.59 Å². The zero-order chi connectivity index (χ0) is 14.8. The second kappa shape index (κ2) is 5.52. The van der Waals surface area contributed by atoms with Gasteiger partial charge in [0.25, 0.3) is 0 Å². The van der Waals surface area contributed by atoms with Crippen LogP contribution in [0.4, 0.5) is 0 Å². The Balaban J connectivity index is 2.08. The molecule has 2 amide bonds. The molecule has 1 aliphatic rings.